The minimum Gasteiger partial charge on any atom is -0.452 e. The summed E-state index contributed by atoms with van der Waals surface area (Å²) in [5.41, 5.74) is 6.43. The van der Waals surface area contributed by atoms with Crippen molar-refractivity contribution < 1.29 is 14.3 Å². The molecule has 0 atom stereocenters. The molecular weight excluding hydrogens is 324 g/mol. The molecule has 0 radical (unpaired) electrons. The standard InChI is InChI=1S/C14H17BrN2O3/c1-2-17(10-4-5-10)13(18)8-20-14(19)11-7-9(16)3-6-12(11)15/h3,6-7,10H,2,4-5,8,16H2,1H3. The van der Waals surface area contributed by atoms with Crippen LogP contribution in [0, 0.1) is 0 Å². The molecule has 1 aromatic carbocycles. The Labute approximate surface area is 126 Å². The number of nitrogen functional groups attached to an aromatic ring is 1. The largest absolute Gasteiger partial charge is 0.452 e. The van der Waals surface area contributed by atoms with Gasteiger partial charge in [-0.05, 0) is 53.9 Å². The van der Waals surface area contributed by atoms with Crippen molar-refractivity contribution in [3.8, 4) is 0 Å². The molecule has 1 amide bonds. The van der Waals surface area contributed by atoms with Gasteiger partial charge in [-0.1, -0.05) is 0 Å². The third-order valence-corrected chi connectivity index (χ3v) is 3.88. The van der Waals surface area contributed by atoms with Crippen LogP contribution in [-0.2, 0) is 9.53 Å². The summed E-state index contributed by atoms with van der Waals surface area (Å²) < 4.78 is 5.67. The summed E-state index contributed by atoms with van der Waals surface area (Å²) in [6.07, 6.45) is 2.07. The van der Waals surface area contributed by atoms with E-state index in [-0.39, 0.29) is 12.5 Å². The maximum Gasteiger partial charge on any atom is 0.339 e. The zero-order valence-electron chi connectivity index (χ0n) is 11.3. The second kappa shape index (κ2) is 6.26. The van der Waals surface area contributed by atoms with E-state index in [4.69, 9.17) is 10.5 Å². The van der Waals surface area contributed by atoms with Crippen LogP contribution in [0.15, 0.2) is 22.7 Å². The number of nitrogens with zero attached hydrogens (tertiary/aromatic N) is 1. The van der Waals surface area contributed by atoms with Crippen molar-refractivity contribution in [2.24, 2.45) is 0 Å². The van der Waals surface area contributed by atoms with Crippen LogP contribution in [0.4, 0.5) is 5.69 Å². The summed E-state index contributed by atoms with van der Waals surface area (Å²) in [5, 5.41) is 0. The van der Waals surface area contributed by atoms with E-state index in [0.717, 1.165) is 12.8 Å². The smallest absolute Gasteiger partial charge is 0.339 e. The molecule has 1 aromatic rings. The highest BCUT2D eigenvalue weighted by atomic mass is 79.9. The van der Waals surface area contributed by atoms with Crippen LogP contribution in [0.25, 0.3) is 0 Å². The predicted octanol–water partition coefficient (Wildman–Crippen LogP) is 2.20. The SMILES string of the molecule is CCN(C(=O)COC(=O)c1cc(N)ccc1Br)C1CC1. The number of anilines is 1. The molecule has 2 rings (SSSR count). The van der Waals surface area contributed by atoms with Gasteiger partial charge in [0.1, 0.15) is 0 Å². The number of nitrogens with two attached hydrogens (primary N) is 1. The second-order valence-corrected chi connectivity index (χ2v) is 5.58. The van der Waals surface area contributed by atoms with Crippen LogP contribution in [0.1, 0.15) is 30.1 Å². The van der Waals surface area contributed by atoms with Crippen molar-refractivity contribution in [1.82, 2.24) is 4.90 Å². The monoisotopic (exact) mass is 340 g/mol. The van der Waals surface area contributed by atoms with Crippen LogP contribution in [0.5, 0.6) is 0 Å². The van der Waals surface area contributed by atoms with Gasteiger partial charge >= 0.3 is 5.97 Å². The highest BCUT2D eigenvalue weighted by molar-refractivity contribution is 9.10. The lowest BCUT2D eigenvalue weighted by atomic mass is 10.2. The number of hydrogen-bond donors (Lipinski definition) is 1. The molecule has 1 aliphatic carbocycles. The van der Waals surface area contributed by atoms with Crippen molar-refractivity contribution in [1.29, 1.82) is 0 Å². The Kier molecular flexibility index (Phi) is 4.65. The molecular formula is C14H17BrN2O3. The second-order valence-electron chi connectivity index (χ2n) is 4.73. The number of esters is 1. The van der Waals surface area contributed by atoms with E-state index in [0.29, 0.717) is 28.3 Å². The summed E-state index contributed by atoms with van der Waals surface area (Å²) in [4.78, 5) is 25.6. The van der Waals surface area contributed by atoms with Crippen LogP contribution in [-0.4, -0.2) is 36.0 Å². The number of amides is 1. The Hall–Kier alpha value is -1.56. The number of rotatable bonds is 5. The zero-order chi connectivity index (χ0) is 14.7. The highest BCUT2D eigenvalue weighted by Gasteiger charge is 2.31. The first-order chi connectivity index (χ1) is 9.52. The molecule has 0 unspecified atom stereocenters. The first-order valence-corrected chi connectivity index (χ1v) is 7.33. The van der Waals surface area contributed by atoms with E-state index in [1.54, 1.807) is 17.0 Å². The van der Waals surface area contributed by atoms with Gasteiger partial charge in [-0.3, -0.25) is 4.79 Å². The molecule has 0 spiro atoms. The summed E-state index contributed by atoms with van der Waals surface area (Å²) >= 11 is 3.26. The van der Waals surface area contributed by atoms with Gasteiger partial charge in [-0.15, -0.1) is 0 Å². The first-order valence-electron chi connectivity index (χ1n) is 6.54. The summed E-state index contributed by atoms with van der Waals surface area (Å²) in [6, 6.07) is 5.20. The molecule has 20 heavy (non-hydrogen) atoms. The van der Waals surface area contributed by atoms with Gasteiger partial charge in [0.15, 0.2) is 6.61 Å². The number of hydrogen-bond acceptors (Lipinski definition) is 4. The summed E-state index contributed by atoms with van der Waals surface area (Å²) in [6.45, 7) is 2.33. The maximum absolute atomic E-state index is 12.0. The fourth-order valence-corrected chi connectivity index (χ4v) is 2.42. The lowest BCUT2D eigenvalue weighted by Crippen LogP contribution is -2.36. The van der Waals surface area contributed by atoms with Crippen molar-refractivity contribution in [3.05, 3.63) is 28.2 Å². The quantitative estimate of drug-likeness (QED) is 0.658. The maximum atomic E-state index is 12.0. The van der Waals surface area contributed by atoms with Crippen molar-refractivity contribution in [3.63, 3.8) is 0 Å². The molecule has 1 aliphatic rings. The molecule has 1 fully saturated rings. The summed E-state index contributed by atoms with van der Waals surface area (Å²) in [7, 11) is 0. The van der Waals surface area contributed by atoms with Gasteiger partial charge in [0.2, 0.25) is 0 Å². The Balaban J connectivity index is 1.94. The topological polar surface area (TPSA) is 72.6 Å². The van der Waals surface area contributed by atoms with Crippen molar-refractivity contribution >= 4 is 33.5 Å². The third-order valence-electron chi connectivity index (χ3n) is 3.19. The van der Waals surface area contributed by atoms with E-state index >= 15 is 0 Å². The van der Waals surface area contributed by atoms with Gasteiger partial charge in [0, 0.05) is 22.7 Å². The van der Waals surface area contributed by atoms with Crippen LogP contribution >= 0.6 is 15.9 Å². The van der Waals surface area contributed by atoms with Crippen LogP contribution in [0.3, 0.4) is 0 Å². The number of halogens is 1. The molecule has 5 nitrogen and oxygen atoms in total. The predicted molar refractivity (Wildman–Crippen MR) is 79.2 cm³/mol. The fourth-order valence-electron chi connectivity index (χ4n) is 2.01. The average molecular weight is 341 g/mol. The number of carbonyl (C=O) groups is 2. The van der Waals surface area contributed by atoms with Gasteiger partial charge < -0.3 is 15.4 Å². The molecule has 0 bridgehead atoms. The van der Waals surface area contributed by atoms with Crippen molar-refractivity contribution in [2.75, 3.05) is 18.9 Å². The third kappa shape index (κ3) is 3.50. The lowest BCUT2D eigenvalue weighted by Gasteiger charge is -2.20. The molecule has 108 valence electrons. The molecule has 0 heterocycles. The van der Waals surface area contributed by atoms with Crippen LogP contribution in [0.2, 0.25) is 0 Å². The number of carbonyl (C=O) groups excluding carboxylic acids is 2. The van der Waals surface area contributed by atoms with Gasteiger partial charge in [0.25, 0.3) is 5.91 Å². The average Bonchev–Trinajstić information content (AvgIpc) is 3.24. The van der Waals surface area contributed by atoms with Crippen LogP contribution < -0.4 is 5.73 Å². The molecule has 0 aliphatic heterocycles. The molecule has 2 N–H and O–H groups in total. The first kappa shape index (κ1) is 14.8. The minimum absolute atomic E-state index is 0.150. The fraction of sp³-hybridized carbons (Fsp3) is 0.429. The minimum atomic E-state index is -0.552. The van der Waals surface area contributed by atoms with E-state index < -0.39 is 5.97 Å². The van der Waals surface area contributed by atoms with Crippen molar-refractivity contribution in [2.45, 2.75) is 25.8 Å². The Morgan fingerprint density at radius 2 is 2.15 bits per heavy atom. The van der Waals surface area contributed by atoms with Gasteiger partial charge in [-0.2, -0.15) is 0 Å². The normalized spacial score (nSPS) is 13.9. The Morgan fingerprint density at radius 3 is 2.75 bits per heavy atom. The zero-order valence-corrected chi connectivity index (χ0v) is 12.9. The van der Waals surface area contributed by atoms with Gasteiger partial charge in [0.05, 0.1) is 5.56 Å². The van der Waals surface area contributed by atoms with E-state index in [9.17, 15) is 9.59 Å². The number of benzene rings is 1. The summed E-state index contributed by atoms with van der Waals surface area (Å²) in [5.74, 6) is -0.701. The Morgan fingerprint density at radius 1 is 1.45 bits per heavy atom. The molecule has 6 heteroatoms. The molecule has 1 saturated carbocycles. The van der Waals surface area contributed by atoms with E-state index in [1.807, 2.05) is 6.92 Å². The molecule has 0 saturated heterocycles. The highest BCUT2D eigenvalue weighted by Crippen LogP contribution is 2.26. The van der Waals surface area contributed by atoms with Gasteiger partial charge in [-0.25, -0.2) is 4.79 Å². The number of ether oxygens (including phenoxy) is 1. The van der Waals surface area contributed by atoms with E-state index in [2.05, 4.69) is 15.9 Å². The lowest BCUT2D eigenvalue weighted by molar-refractivity contribution is -0.134. The number of likely N-dealkylation sites (N-methyl/N-ethyl adjacent to an activating group) is 1. The van der Waals surface area contributed by atoms with E-state index in [1.165, 1.54) is 6.07 Å². The Bertz CT molecular complexity index is 529. The molecule has 0 aromatic heterocycles.